The number of para-hydroxylation sites is 2. The molecule has 2 nitrogen and oxygen atoms in total. The van der Waals surface area contributed by atoms with Gasteiger partial charge >= 0.3 is 0 Å². The summed E-state index contributed by atoms with van der Waals surface area (Å²) in [7, 11) is 0. The Morgan fingerprint density at radius 1 is 0.290 bits per heavy atom. The normalized spacial score (nSPS) is 12.5. The molecule has 0 aliphatic heterocycles. The lowest BCUT2D eigenvalue weighted by Crippen LogP contribution is -2.28. The van der Waals surface area contributed by atoms with Crippen molar-refractivity contribution in [3.8, 4) is 50.2 Å². The predicted molar refractivity (Wildman–Crippen MR) is 289 cm³/mol. The van der Waals surface area contributed by atoms with E-state index in [1.165, 1.54) is 71.9 Å². The number of fused-ring (bicyclic) bond motifs is 6. The summed E-state index contributed by atoms with van der Waals surface area (Å²) in [6, 6.07) is 102. The van der Waals surface area contributed by atoms with Gasteiger partial charge in [0, 0.05) is 33.4 Å². The first-order valence-electron chi connectivity index (χ1n) is 23.8. The molecule has 0 unspecified atom stereocenters. The number of nitrogens with zero attached hydrogens (tertiary/aromatic N) is 2. The van der Waals surface area contributed by atoms with Gasteiger partial charge < -0.3 is 9.47 Å². The van der Waals surface area contributed by atoms with Crippen LogP contribution in [-0.2, 0) is 5.41 Å². The number of hydrogen-bond acceptors (Lipinski definition) is 1. The zero-order chi connectivity index (χ0) is 45.7. The fraction of sp³-hybridized carbons (Fsp3) is 0.0149. The molecule has 2 heteroatoms. The van der Waals surface area contributed by atoms with Crippen LogP contribution in [0.25, 0.3) is 72.0 Å². The second kappa shape index (κ2) is 16.7. The lowest BCUT2D eigenvalue weighted by molar-refractivity contribution is 0.768. The smallest absolute Gasteiger partial charge is 0.0714 e. The molecule has 0 radical (unpaired) electrons. The fourth-order valence-electron chi connectivity index (χ4n) is 11.2. The topological polar surface area (TPSA) is 8.17 Å². The van der Waals surface area contributed by atoms with Gasteiger partial charge in [0.25, 0.3) is 0 Å². The van der Waals surface area contributed by atoms with Gasteiger partial charge in [-0.2, -0.15) is 0 Å². The van der Waals surface area contributed by atoms with Gasteiger partial charge in [0.2, 0.25) is 0 Å². The van der Waals surface area contributed by atoms with Crippen molar-refractivity contribution in [3.63, 3.8) is 0 Å². The first-order chi connectivity index (χ1) is 34.2. The Bertz CT molecular complexity index is 3760. The largest absolute Gasteiger partial charge is 0.310 e. The highest BCUT2D eigenvalue weighted by atomic mass is 15.1. The third kappa shape index (κ3) is 6.64. The summed E-state index contributed by atoms with van der Waals surface area (Å²) in [5.74, 6) is 0. The molecular weight excluding hydrogens is 833 g/mol. The molecule has 13 rings (SSSR count). The van der Waals surface area contributed by atoms with Crippen LogP contribution >= 0.6 is 0 Å². The summed E-state index contributed by atoms with van der Waals surface area (Å²) in [5, 5.41) is 2.48. The van der Waals surface area contributed by atoms with Crippen LogP contribution in [0.1, 0.15) is 22.3 Å². The van der Waals surface area contributed by atoms with E-state index in [2.05, 4.69) is 289 Å². The predicted octanol–water partition coefficient (Wildman–Crippen LogP) is 17.6. The van der Waals surface area contributed by atoms with Crippen LogP contribution in [0.15, 0.2) is 279 Å². The van der Waals surface area contributed by atoms with Gasteiger partial charge in [-0.15, -0.1) is 0 Å². The summed E-state index contributed by atoms with van der Waals surface area (Å²) in [6.45, 7) is 0. The molecule has 0 fully saturated rings. The first-order valence-corrected chi connectivity index (χ1v) is 23.8. The highest BCUT2D eigenvalue weighted by Gasteiger charge is 2.46. The van der Waals surface area contributed by atoms with Gasteiger partial charge in [0.1, 0.15) is 0 Å². The molecule has 0 atom stereocenters. The minimum Gasteiger partial charge on any atom is -0.310 e. The lowest BCUT2D eigenvalue weighted by Gasteiger charge is -2.35. The summed E-state index contributed by atoms with van der Waals surface area (Å²) in [5.41, 5.74) is 20.9. The summed E-state index contributed by atoms with van der Waals surface area (Å²) >= 11 is 0. The van der Waals surface area contributed by atoms with Gasteiger partial charge in [-0.1, -0.05) is 212 Å². The maximum Gasteiger partial charge on any atom is 0.0714 e. The second-order valence-electron chi connectivity index (χ2n) is 18.0. The Balaban J connectivity index is 1.02. The molecule has 1 aromatic heterocycles. The molecule has 1 aliphatic rings. The average molecular weight is 879 g/mol. The fourth-order valence-corrected chi connectivity index (χ4v) is 11.2. The van der Waals surface area contributed by atoms with Gasteiger partial charge in [-0.25, -0.2) is 0 Å². The molecule has 11 aromatic carbocycles. The van der Waals surface area contributed by atoms with Crippen LogP contribution in [0.2, 0.25) is 0 Å². The third-order valence-corrected chi connectivity index (χ3v) is 14.3. The lowest BCUT2D eigenvalue weighted by atomic mass is 9.67. The van der Waals surface area contributed by atoms with Crippen molar-refractivity contribution >= 4 is 38.9 Å². The zero-order valence-corrected chi connectivity index (χ0v) is 38.0. The van der Waals surface area contributed by atoms with Crippen molar-refractivity contribution in [2.75, 3.05) is 4.90 Å². The van der Waals surface area contributed by atoms with Crippen molar-refractivity contribution in [2.45, 2.75) is 5.41 Å². The van der Waals surface area contributed by atoms with E-state index in [1.807, 2.05) is 0 Å². The monoisotopic (exact) mass is 878 g/mol. The average Bonchev–Trinajstić information content (AvgIpc) is 3.92. The summed E-state index contributed by atoms with van der Waals surface area (Å²) in [6.07, 6.45) is 0. The van der Waals surface area contributed by atoms with E-state index >= 15 is 0 Å². The molecule has 0 bridgehead atoms. The zero-order valence-electron chi connectivity index (χ0n) is 38.0. The van der Waals surface area contributed by atoms with E-state index in [4.69, 9.17) is 0 Å². The maximum absolute atomic E-state index is 2.47. The van der Waals surface area contributed by atoms with Crippen molar-refractivity contribution in [1.29, 1.82) is 0 Å². The number of anilines is 3. The Morgan fingerprint density at radius 2 is 0.797 bits per heavy atom. The second-order valence-corrected chi connectivity index (χ2v) is 18.0. The summed E-state index contributed by atoms with van der Waals surface area (Å²) < 4.78 is 2.38. The van der Waals surface area contributed by atoms with Gasteiger partial charge in [0.05, 0.1) is 22.1 Å². The van der Waals surface area contributed by atoms with E-state index in [0.29, 0.717) is 0 Å². The molecule has 0 saturated heterocycles. The molecule has 324 valence electrons. The van der Waals surface area contributed by atoms with E-state index in [0.717, 1.165) is 39.4 Å². The van der Waals surface area contributed by atoms with Crippen LogP contribution in [0, 0.1) is 0 Å². The van der Waals surface area contributed by atoms with Crippen molar-refractivity contribution < 1.29 is 0 Å². The van der Waals surface area contributed by atoms with Gasteiger partial charge in [0.15, 0.2) is 0 Å². The molecule has 12 aromatic rings. The maximum atomic E-state index is 2.47. The Kier molecular flexibility index (Phi) is 9.77. The summed E-state index contributed by atoms with van der Waals surface area (Å²) in [4.78, 5) is 2.47. The highest BCUT2D eigenvalue weighted by Crippen LogP contribution is 2.57. The Morgan fingerprint density at radius 3 is 1.51 bits per heavy atom. The van der Waals surface area contributed by atoms with Crippen molar-refractivity contribution in [1.82, 2.24) is 4.57 Å². The number of benzene rings is 11. The van der Waals surface area contributed by atoms with Crippen LogP contribution < -0.4 is 4.90 Å². The molecular formula is C67H46N2. The molecule has 0 spiro atoms. The van der Waals surface area contributed by atoms with Crippen LogP contribution in [0.4, 0.5) is 17.1 Å². The SMILES string of the molecule is c1ccc(-c2ccc(N(c3ccc(-c4ccc5c(c4)c4ccccc4n5-c4ccccc4)cc3)c3ccc4c(c3)C(c3ccccc3)(c3ccccc3)c3ccccc3-4)c(-c3ccccc3)c2)cc1. The number of aromatic nitrogens is 1. The Labute approximate surface area is 403 Å². The minimum atomic E-state index is -0.540. The van der Waals surface area contributed by atoms with Crippen LogP contribution in [0.5, 0.6) is 0 Å². The quantitative estimate of drug-likeness (QED) is 0.140. The third-order valence-electron chi connectivity index (χ3n) is 14.3. The van der Waals surface area contributed by atoms with Crippen LogP contribution in [-0.4, -0.2) is 4.57 Å². The molecule has 69 heavy (non-hydrogen) atoms. The molecule has 0 N–H and O–H groups in total. The van der Waals surface area contributed by atoms with Gasteiger partial charge in [-0.3, -0.25) is 0 Å². The highest BCUT2D eigenvalue weighted by molar-refractivity contribution is 6.10. The van der Waals surface area contributed by atoms with Crippen LogP contribution in [0.3, 0.4) is 0 Å². The van der Waals surface area contributed by atoms with E-state index in [-0.39, 0.29) is 0 Å². The molecule has 0 amide bonds. The Hall–Kier alpha value is -8.98. The van der Waals surface area contributed by atoms with Gasteiger partial charge in [-0.05, 0) is 128 Å². The van der Waals surface area contributed by atoms with Crippen molar-refractivity contribution in [3.05, 3.63) is 301 Å². The minimum absolute atomic E-state index is 0.540. The number of hydrogen-bond donors (Lipinski definition) is 0. The van der Waals surface area contributed by atoms with E-state index in [9.17, 15) is 0 Å². The molecule has 0 saturated carbocycles. The first kappa shape index (κ1) is 40.3. The van der Waals surface area contributed by atoms with E-state index in [1.54, 1.807) is 0 Å². The molecule has 1 aliphatic carbocycles. The number of rotatable bonds is 9. The molecule has 1 heterocycles. The standard InChI is InChI=1S/C67H46N2/c1-6-20-47(21-7-1)50-36-42-65(60(44-50)49-22-8-2-9-23-49)68(55-38-34-48(35-39-55)51-37-43-66-61(45-51)59-31-17-19-33-64(59)69(66)54-28-14-5-15-29-54)56-40-41-58-57-30-16-18-32-62(57)67(63(58)46-56,52-24-10-3-11-25-52)53-26-12-4-13-27-53/h1-46H. The van der Waals surface area contributed by atoms with Crippen molar-refractivity contribution in [2.24, 2.45) is 0 Å². The van der Waals surface area contributed by atoms with E-state index < -0.39 is 5.41 Å².